The number of para-hydroxylation sites is 1. The number of ether oxygens (including phenoxy) is 1. The van der Waals surface area contributed by atoms with Crippen LogP contribution in [0.2, 0.25) is 0 Å². The number of benzene rings is 2. The summed E-state index contributed by atoms with van der Waals surface area (Å²) in [4.78, 5) is 12.4. The molecule has 0 amide bonds. The van der Waals surface area contributed by atoms with Crippen LogP contribution in [0.1, 0.15) is 15.9 Å². The summed E-state index contributed by atoms with van der Waals surface area (Å²) in [6.07, 6.45) is 0. The summed E-state index contributed by atoms with van der Waals surface area (Å²) < 4.78 is 18.7. The van der Waals surface area contributed by atoms with Crippen LogP contribution in [0.25, 0.3) is 0 Å². The van der Waals surface area contributed by atoms with E-state index in [1.54, 1.807) is 18.2 Å². The Kier molecular flexibility index (Phi) is 2.91. The van der Waals surface area contributed by atoms with Crippen molar-refractivity contribution in [3.05, 3.63) is 59.4 Å². The number of rotatable bonds is 2. The van der Waals surface area contributed by atoms with Gasteiger partial charge in [-0.25, -0.2) is 4.39 Å². The predicted molar refractivity (Wildman–Crippen MR) is 70.3 cm³/mol. The van der Waals surface area contributed by atoms with Crippen LogP contribution < -0.4 is 10.1 Å². The van der Waals surface area contributed by atoms with E-state index in [4.69, 9.17) is 4.74 Å². The van der Waals surface area contributed by atoms with Gasteiger partial charge in [0.25, 0.3) is 0 Å². The van der Waals surface area contributed by atoms with Crippen molar-refractivity contribution in [3.63, 3.8) is 0 Å². The fourth-order valence-corrected chi connectivity index (χ4v) is 2.13. The normalized spacial score (nSPS) is 13.1. The van der Waals surface area contributed by atoms with E-state index in [0.29, 0.717) is 30.0 Å². The standard InChI is InChI=1S/C15H12FNO2/c16-11-4-1-3-10(9-11)14(18)12-5-2-6-13-15(12)19-8-7-17-13/h1-6,9,17H,7-8H2. The Bertz CT molecular complexity index is 640. The zero-order valence-electron chi connectivity index (χ0n) is 10.2. The van der Waals surface area contributed by atoms with Crippen molar-refractivity contribution in [2.45, 2.75) is 0 Å². The molecular weight excluding hydrogens is 245 g/mol. The molecule has 0 aromatic heterocycles. The van der Waals surface area contributed by atoms with Crippen molar-refractivity contribution < 1.29 is 13.9 Å². The highest BCUT2D eigenvalue weighted by atomic mass is 19.1. The Balaban J connectivity index is 2.05. The van der Waals surface area contributed by atoms with Gasteiger partial charge in [-0.15, -0.1) is 0 Å². The fourth-order valence-electron chi connectivity index (χ4n) is 2.13. The quantitative estimate of drug-likeness (QED) is 0.841. The minimum absolute atomic E-state index is 0.236. The number of halogens is 1. The van der Waals surface area contributed by atoms with Gasteiger partial charge in [0.05, 0.1) is 11.3 Å². The average molecular weight is 257 g/mol. The summed E-state index contributed by atoms with van der Waals surface area (Å²) in [5.41, 5.74) is 1.58. The van der Waals surface area contributed by atoms with Crippen molar-refractivity contribution in [3.8, 4) is 5.75 Å². The molecule has 4 heteroatoms. The molecule has 1 aliphatic heterocycles. The average Bonchev–Trinajstić information content (AvgIpc) is 2.46. The lowest BCUT2D eigenvalue weighted by atomic mass is 10.0. The third kappa shape index (κ3) is 2.17. The second-order valence-electron chi connectivity index (χ2n) is 4.30. The molecule has 0 radical (unpaired) electrons. The van der Waals surface area contributed by atoms with Crippen LogP contribution in [-0.4, -0.2) is 18.9 Å². The monoisotopic (exact) mass is 257 g/mol. The van der Waals surface area contributed by atoms with Gasteiger partial charge in [0.2, 0.25) is 0 Å². The SMILES string of the molecule is O=C(c1cccc(F)c1)c1cccc2c1OCCN2. The molecule has 0 fully saturated rings. The van der Waals surface area contributed by atoms with E-state index in [9.17, 15) is 9.18 Å². The first-order valence-electron chi connectivity index (χ1n) is 6.05. The Morgan fingerprint density at radius 2 is 2.05 bits per heavy atom. The van der Waals surface area contributed by atoms with Crippen LogP contribution in [0.3, 0.4) is 0 Å². The van der Waals surface area contributed by atoms with Crippen LogP contribution in [0.5, 0.6) is 5.75 Å². The third-order valence-electron chi connectivity index (χ3n) is 3.01. The van der Waals surface area contributed by atoms with Gasteiger partial charge in [-0.2, -0.15) is 0 Å². The van der Waals surface area contributed by atoms with Crippen molar-refractivity contribution in [2.75, 3.05) is 18.5 Å². The number of nitrogens with one attached hydrogen (secondary N) is 1. The topological polar surface area (TPSA) is 38.3 Å². The summed E-state index contributed by atoms with van der Waals surface area (Å²) in [5, 5.41) is 3.17. The Morgan fingerprint density at radius 1 is 1.21 bits per heavy atom. The summed E-state index contributed by atoms with van der Waals surface area (Å²) in [7, 11) is 0. The van der Waals surface area contributed by atoms with Crippen LogP contribution in [-0.2, 0) is 0 Å². The highest BCUT2D eigenvalue weighted by Gasteiger charge is 2.20. The number of carbonyl (C=O) groups excluding carboxylic acids is 1. The maximum absolute atomic E-state index is 13.2. The van der Waals surface area contributed by atoms with Crippen LogP contribution in [0.4, 0.5) is 10.1 Å². The first kappa shape index (κ1) is 11.7. The predicted octanol–water partition coefficient (Wildman–Crippen LogP) is 2.86. The molecule has 0 spiro atoms. The van der Waals surface area contributed by atoms with Crippen LogP contribution in [0.15, 0.2) is 42.5 Å². The number of carbonyl (C=O) groups is 1. The number of hydrogen-bond acceptors (Lipinski definition) is 3. The third-order valence-corrected chi connectivity index (χ3v) is 3.01. The van der Waals surface area contributed by atoms with E-state index in [1.165, 1.54) is 18.2 Å². The lowest BCUT2D eigenvalue weighted by Crippen LogP contribution is -2.20. The molecule has 1 N–H and O–H groups in total. The molecule has 0 atom stereocenters. The number of hydrogen-bond donors (Lipinski definition) is 1. The highest BCUT2D eigenvalue weighted by Crippen LogP contribution is 2.32. The highest BCUT2D eigenvalue weighted by molar-refractivity contribution is 6.11. The molecule has 19 heavy (non-hydrogen) atoms. The second kappa shape index (κ2) is 4.72. The smallest absolute Gasteiger partial charge is 0.196 e. The Hall–Kier alpha value is -2.36. The Labute approximate surface area is 110 Å². The van der Waals surface area contributed by atoms with Crippen LogP contribution in [0, 0.1) is 5.82 Å². The minimum Gasteiger partial charge on any atom is -0.489 e. The van der Waals surface area contributed by atoms with E-state index >= 15 is 0 Å². The molecule has 0 saturated carbocycles. The zero-order chi connectivity index (χ0) is 13.2. The summed E-state index contributed by atoms with van der Waals surface area (Å²) in [6.45, 7) is 1.23. The van der Waals surface area contributed by atoms with Crippen molar-refractivity contribution in [1.82, 2.24) is 0 Å². The van der Waals surface area contributed by atoms with Gasteiger partial charge < -0.3 is 10.1 Å². The molecule has 1 heterocycles. The molecule has 3 rings (SSSR count). The summed E-state index contributed by atoms with van der Waals surface area (Å²) in [6, 6.07) is 11.0. The first-order valence-corrected chi connectivity index (χ1v) is 6.05. The largest absolute Gasteiger partial charge is 0.489 e. The maximum atomic E-state index is 13.2. The molecule has 1 aliphatic rings. The fraction of sp³-hybridized carbons (Fsp3) is 0.133. The number of ketones is 1. The molecule has 0 saturated heterocycles. The Morgan fingerprint density at radius 3 is 2.89 bits per heavy atom. The molecule has 0 aliphatic carbocycles. The molecule has 0 bridgehead atoms. The molecule has 3 nitrogen and oxygen atoms in total. The van der Waals surface area contributed by atoms with E-state index < -0.39 is 5.82 Å². The van der Waals surface area contributed by atoms with Crippen molar-refractivity contribution in [1.29, 1.82) is 0 Å². The van der Waals surface area contributed by atoms with Crippen LogP contribution >= 0.6 is 0 Å². The number of fused-ring (bicyclic) bond motifs is 1. The minimum atomic E-state index is -0.422. The van der Waals surface area contributed by atoms with E-state index in [2.05, 4.69) is 5.32 Å². The summed E-state index contributed by atoms with van der Waals surface area (Å²) >= 11 is 0. The summed E-state index contributed by atoms with van der Waals surface area (Å²) in [5.74, 6) is -0.113. The van der Waals surface area contributed by atoms with Gasteiger partial charge in [-0.1, -0.05) is 18.2 Å². The molecule has 2 aromatic carbocycles. The van der Waals surface area contributed by atoms with Gasteiger partial charge in [-0.05, 0) is 24.3 Å². The van der Waals surface area contributed by atoms with E-state index in [-0.39, 0.29) is 5.78 Å². The van der Waals surface area contributed by atoms with E-state index in [1.807, 2.05) is 6.07 Å². The number of anilines is 1. The van der Waals surface area contributed by atoms with Gasteiger partial charge in [-0.3, -0.25) is 4.79 Å². The zero-order valence-corrected chi connectivity index (χ0v) is 10.2. The van der Waals surface area contributed by atoms with Gasteiger partial charge in [0.1, 0.15) is 12.4 Å². The second-order valence-corrected chi connectivity index (χ2v) is 4.30. The lowest BCUT2D eigenvalue weighted by Gasteiger charge is -2.21. The lowest BCUT2D eigenvalue weighted by molar-refractivity contribution is 0.103. The van der Waals surface area contributed by atoms with Crippen molar-refractivity contribution in [2.24, 2.45) is 0 Å². The first-order chi connectivity index (χ1) is 9.25. The van der Waals surface area contributed by atoms with E-state index in [0.717, 1.165) is 5.69 Å². The molecule has 0 unspecified atom stereocenters. The molecule has 96 valence electrons. The molecule has 2 aromatic rings. The van der Waals surface area contributed by atoms with Crippen molar-refractivity contribution >= 4 is 11.5 Å². The van der Waals surface area contributed by atoms with Gasteiger partial charge in [0.15, 0.2) is 11.5 Å². The molecular formula is C15H12FNO2. The van der Waals surface area contributed by atoms with Gasteiger partial charge >= 0.3 is 0 Å². The van der Waals surface area contributed by atoms with Gasteiger partial charge in [0, 0.05) is 12.1 Å². The maximum Gasteiger partial charge on any atom is 0.196 e.